The Balaban J connectivity index is 1.58. The van der Waals surface area contributed by atoms with E-state index in [0.29, 0.717) is 11.3 Å². The van der Waals surface area contributed by atoms with Gasteiger partial charge >= 0.3 is 12.2 Å². The zero-order valence-electron chi connectivity index (χ0n) is 25.8. The van der Waals surface area contributed by atoms with E-state index < -0.39 is 39.9 Å². The number of carbonyl (C=O) groups is 2. The van der Waals surface area contributed by atoms with E-state index >= 15 is 0 Å². The Kier molecular flexibility index (Phi) is 10.6. The van der Waals surface area contributed by atoms with E-state index in [0.717, 1.165) is 29.8 Å². The molecule has 4 rings (SSSR count). The van der Waals surface area contributed by atoms with Gasteiger partial charge in [0.2, 0.25) is 15.9 Å². The van der Waals surface area contributed by atoms with Gasteiger partial charge in [0.15, 0.2) is 0 Å². The van der Waals surface area contributed by atoms with Gasteiger partial charge in [-0.25, -0.2) is 13.2 Å². The van der Waals surface area contributed by atoms with Gasteiger partial charge in [-0.2, -0.15) is 17.5 Å². The number of nitrogens with zero attached hydrogens (tertiary/aromatic N) is 2. The first kappa shape index (κ1) is 34.7. The molecule has 0 aliphatic carbocycles. The van der Waals surface area contributed by atoms with E-state index in [1.807, 2.05) is 13.8 Å². The SMILES string of the molecule is Cc1ccc(S(=O)(=O)N(C)C[C@@H]2Oc3ccc(NC(=O)Nc4ccc(C(F)(F)F)cc4)cc3CC(=O)N([C@H](C)CO)C[C@@H]2C)cc1. The van der Waals surface area contributed by atoms with Crippen molar-refractivity contribution in [2.75, 3.05) is 37.4 Å². The summed E-state index contributed by atoms with van der Waals surface area (Å²) < 4.78 is 73.0. The van der Waals surface area contributed by atoms with E-state index in [-0.39, 0.29) is 54.2 Å². The van der Waals surface area contributed by atoms with Crippen molar-refractivity contribution in [3.05, 3.63) is 83.4 Å². The van der Waals surface area contributed by atoms with Crippen LogP contribution in [0.5, 0.6) is 5.75 Å². The van der Waals surface area contributed by atoms with Crippen LogP contribution in [0.4, 0.5) is 29.3 Å². The van der Waals surface area contributed by atoms with Crippen molar-refractivity contribution in [2.45, 2.75) is 50.4 Å². The van der Waals surface area contributed by atoms with Crippen LogP contribution < -0.4 is 15.4 Å². The molecule has 0 aromatic heterocycles. The fourth-order valence-corrected chi connectivity index (χ4v) is 6.19. The highest BCUT2D eigenvalue weighted by Crippen LogP contribution is 2.31. The molecule has 3 aromatic rings. The summed E-state index contributed by atoms with van der Waals surface area (Å²) in [5, 5.41) is 15.0. The molecule has 14 heteroatoms. The predicted octanol–water partition coefficient (Wildman–Crippen LogP) is 5.13. The molecule has 1 aliphatic heterocycles. The third-order valence-electron chi connectivity index (χ3n) is 7.81. The molecule has 0 fully saturated rings. The maximum atomic E-state index is 13.5. The van der Waals surface area contributed by atoms with Gasteiger partial charge in [0, 0.05) is 36.4 Å². The fourth-order valence-electron chi connectivity index (χ4n) is 5.00. The van der Waals surface area contributed by atoms with E-state index in [1.54, 1.807) is 31.2 Å². The molecule has 3 atom stereocenters. The molecule has 248 valence electrons. The van der Waals surface area contributed by atoms with Gasteiger partial charge in [-0.15, -0.1) is 0 Å². The summed E-state index contributed by atoms with van der Waals surface area (Å²) in [7, 11) is -2.41. The lowest BCUT2D eigenvalue weighted by Gasteiger charge is -2.33. The molecule has 0 saturated carbocycles. The van der Waals surface area contributed by atoms with Crippen LogP contribution in [-0.2, 0) is 27.4 Å². The van der Waals surface area contributed by atoms with Crippen LogP contribution in [0.2, 0.25) is 0 Å². The molecule has 3 aromatic carbocycles. The molecule has 0 saturated heterocycles. The summed E-state index contributed by atoms with van der Waals surface area (Å²) in [5.41, 5.74) is 0.902. The molecule has 1 heterocycles. The first-order valence-corrected chi connectivity index (χ1v) is 16.0. The monoisotopic (exact) mass is 662 g/mol. The van der Waals surface area contributed by atoms with Crippen LogP contribution in [0.1, 0.15) is 30.5 Å². The summed E-state index contributed by atoms with van der Waals surface area (Å²) in [6.45, 7) is 5.27. The molecule has 46 heavy (non-hydrogen) atoms. The highest BCUT2D eigenvalue weighted by molar-refractivity contribution is 7.89. The normalized spacial score (nSPS) is 18.1. The Morgan fingerprint density at radius 2 is 1.67 bits per heavy atom. The summed E-state index contributed by atoms with van der Waals surface area (Å²) in [6.07, 6.45) is -5.34. The maximum Gasteiger partial charge on any atom is 0.416 e. The molecular formula is C32H37F3N4O6S. The molecule has 3 amide bonds. The van der Waals surface area contributed by atoms with Crippen molar-refractivity contribution >= 4 is 33.3 Å². The number of fused-ring (bicyclic) bond motifs is 1. The third kappa shape index (κ3) is 8.36. The van der Waals surface area contributed by atoms with Crippen LogP contribution in [0.3, 0.4) is 0 Å². The Hall–Kier alpha value is -4.14. The molecule has 3 N–H and O–H groups in total. The molecular weight excluding hydrogens is 625 g/mol. The minimum Gasteiger partial charge on any atom is -0.488 e. The molecule has 1 aliphatic rings. The van der Waals surface area contributed by atoms with Gasteiger partial charge in [0.25, 0.3) is 0 Å². The average molecular weight is 663 g/mol. The zero-order valence-corrected chi connectivity index (χ0v) is 26.7. The standard InChI is InChI=1S/C32H37F3N4O6S/c1-20-5-12-27(13-6-20)46(43,44)38(4)18-29-21(2)17-39(22(3)19-40)30(41)16-23-15-26(11-14-28(23)45-29)37-31(42)36-25-9-7-24(8-10-25)32(33,34)35/h5-15,21-22,29,40H,16-19H2,1-4H3,(H2,36,37,42)/t21-,22+,29-/m0/s1. The highest BCUT2D eigenvalue weighted by Gasteiger charge is 2.34. The second-order valence-corrected chi connectivity index (χ2v) is 13.5. The van der Waals surface area contributed by atoms with Crippen LogP contribution in [0.15, 0.2) is 71.6 Å². The van der Waals surface area contributed by atoms with Gasteiger partial charge in [0.1, 0.15) is 11.9 Å². The number of rotatable bonds is 8. The molecule has 0 unspecified atom stereocenters. The fraction of sp³-hybridized carbons (Fsp3) is 0.375. The molecule has 10 nitrogen and oxygen atoms in total. The van der Waals surface area contributed by atoms with Crippen molar-refractivity contribution in [1.29, 1.82) is 0 Å². The lowest BCUT2D eigenvalue weighted by molar-refractivity contribution is -0.137. The second kappa shape index (κ2) is 14.1. The number of likely N-dealkylation sites (N-methyl/N-ethyl adjacent to an activating group) is 1. The number of alkyl halides is 3. The third-order valence-corrected chi connectivity index (χ3v) is 9.65. The lowest BCUT2D eigenvalue weighted by atomic mass is 10.0. The van der Waals surface area contributed by atoms with Crippen LogP contribution in [0.25, 0.3) is 0 Å². The van der Waals surface area contributed by atoms with Crippen molar-refractivity contribution in [3.63, 3.8) is 0 Å². The minimum atomic E-state index is -4.51. The predicted molar refractivity (Wildman–Crippen MR) is 167 cm³/mol. The van der Waals surface area contributed by atoms with E-state index in [9.17, 15) is 36.3 Å². The first-order chi connectivity index (χ1) is 21.6. The van der Waals surface area contributed by atoms with Crippen molar-refractivity contribution < 1.29 is 41.0 Å². The van der Waals surface area contributed by atoms with Crippen molar-refractivity contribution in [1.82, 2.24) is 9.21 Å². The number of ether oxygens (including phenoxy) is 1. The summed E-state index contributed by atoms with van der Waals surface area (Å²) in [5.74, 6) is -0.337. The molecule has 0 bridgehead atoms. The number of halogens is 3. The Bertz CT molecular complexity index is 1650. The Labute approximate surface area is 266 Å². The summed E-state index contributed by atoms with van der Waals surface area (Å²) in [6, 6.07) is 13.9. The number of benzene rings is 3. The number of urea groups is 1. The number of aryl methyl sites for hydroxylation is 1. The van der Waals surface area contributed by atoms with Gasteiger partial charge in [-0.05, 0) is 68.4 Å². The van der Waals surface area contributed by atoms with E-state index in [2.05, 4.69) is 10.6 Å². The molecule has 0 radical (unpaired) electrons. The number of nitrogens with one attached hydrogen (secondary N) is 2. The number of sulfonamides is 1. The summed E-state index contributed by atoms with van der Waals surface area (Å²) >= 11 is 0. The van der Waals surface area contributed by atoms with Gasteiger partial charge in [-0.3, -0.25) is 4.79 Å². The van der Waals surface area contributed by atoms with Crippen LogP contribution in [-0.4, -0.2) is 73.6 Å². The first-order valence-electron chi connectivity index (χ1n) is 14.6. The van der Waals surface area contributed by atoms with Gasteiger partial charge in [0.05, 0.1) is 36.1 Å². The number of hydrogen-bond acceptors (Lipinski definition) is 6. The number of aliphatic hydroxyl groups excluding tert-OH is 1. The largest absolute Gasteiger partial charge is 0.488 e. The number of hydrogen-bond donors (Lipinski definition) is 3. The topological polar surface area (TPSA) is 128 Å². The van der Waals surface area contributed by atoms with E-state index in [1.165, 1.54) is 34.5 Å². The Morgan fingerprint density at radius 3 is 2.28 bits per heavy atom. The average Bonchev–Trinajstić information content (AvgIpc) is 3.04. The van der Waals surface area contributed by atoms with Crippen LogP contribution >= 0.6 is 0 Å². The minimum absolute atomic E-state index is 0.0398. The lowest BCUT2D eigenvalue weighted by Crippen LogP contribution is -2.48. The van der Waals surface area contributed by atoms with E-state index in [4.69, 9.17) is 4.74 Å². The quantitative estimate of drug-likeness (QED) is 0.307. The molecule has 0 spiro atoms. The van der Waals surface area contributed by atoms with Gasteiger partial charge < -0.3 is 25.4 Å². The van der Waals surface area contributed by atoms with Crippen molar-refractivity contribution in [3.8, 4) is 5.75 Å². The second-order valence-electron chi connectivity index (χ2n) is 11.5. The van der Waals surface area contributed by atoms with Crippen LogP contribution in [0, 0.1) is 12.8 Å². The Morgan fingerprint density at radius 1 is 1.07 bits per heavy atom. The number of carbonyl (C=O) groups excluding carboxylic acids is 2. The number of amides is 3. The van der Waals surface area contributed by atoms with Gasteiger partial charge in [-0.1, -0.05) is 24.6 Å². The smallest absolute Gasteiger partial charge is 0.416 e. The van der Waals surface area contributed by atoms with Crippen molar-refractivity contribution in [2.24, 2.45) is 5.92 Å². The maximum absolute atomic E-state index is 13.5. The summed E-state index contributed by atoms with van der Waals surface area (Å²) in [4.78, 5) is 27.8. The zero-order chi connectivity index (χ0) is 33.8. The number of aliphatic hydroxyl groups is 1. The highest BCUT2D eigenvalue weighted by atomic mass is 32.2. The number of anilines is 2.